The van der Waals surface area contributed by atoms with Gasteiger partial charge >= 0.3 is 0 Å². The molecule has 3 rings (SSSR count). The number of anilines is 1. The van der Waals surface area contributed by atoms with Crippen LogP contribution in [0.2, 0.25) is 0 Å². The average Bonchev–Trinajstić information content (AvgIpc) is 2.70. The lowest BCUT2D eigenvalue weighted by atomic mass is 9.90. The number of para-hydroxylation sites is 1. The van der Waals surface area contributed by atoms with Gasteiger partial charge in [-0.1, -0.05) is 18.2 Å². The summed E-state index contributed by atoms with van der Waals surface area (Å²) in [4.78, 5) is 27.4. The topological polar surface area (TPSA) is 62.0 Å². The maximum atomic E-state index is 12.8. The Hall–Kier alpha value is -1.72. The number of nitrogens with zero attached hydrogens (tertiary/aromatic N) is 1. The van der Waals surface area contributed by atoms with Crippen LogP contribution in [0, 0.1) is 0 Å². The number of hydrogen-bond acceptors (Lipinski definition) is 3. The van der Waals surface area contributed by atoms with Gasteiger partial charge in [-0.25, -0.2) is 0 Å². The summed E-state index contributed by atoms with van der Waals surface area (Å²) < 4.78 is 0. The SMILES string of the molecule is CC(=O)CC1(O)C(=O)N(C[NH+]2CCCCC2)c2ccccc21. The van der Waals surface area contributed by atoms with Crippen molar-refractivity contribution in [2.75, 3.05) is 24.7 Å². The molecule has 1 saturated heterocycles. The van der Waals surface area contributed by atoms with Crippen LogP contribution in [0.3, 0.4) is 0 Å². The van der Waals surface area contributed by atoms with Crippen molar-refractivity contribution < 1.29 is 19.6 Å². The Balaban J connectivity index is 1.91. The molecule has 22 heavy (non-hydrogen) atoms. The first kappa shape index (κ1) is 15.2. The maximum absolute atomic E-state index is 12.8. The van der Waals surface area contributed by atoms with Crippen LogP contribution in [0.4, 0.5) is 5.69 Å². The van der Waals surface area contributed by atoms with Crippen LogP contribution in [-0.4, -0.2) is 36.6 Å². The van der Waals surface area contributed by atoms with Crippen LogP contribution in [-0.2, 0) is 15.2 Å². The first-order valence-electron chi connectivity index (χ1n) is 7.99. The Labute approximate surface area is 130 Å². The zero-order chi connectivity index (χ0) is 15.7. The number of quaternary nitrogens is 1. The van der Waals surface area contributed by atoms with Crippen LogP contribution in [0.5, 0.6) is 0 Å². The molecular formula is C17H23N2O3+. The highest BCUT2D eigenvalue weighted by molar-refractivity contribution is 6.08. The van der Waals surface area contributed by atoms with Crippen molar-refractivity contribution >= 4 is 17.4 Å². The van der Waals surface area contributed by atoms with E-state index in [4.69, 9.17) is 0 Å². The highest BCUT2D eigenvalue weighted by Crippen LogP contribution is 2.41. The van der Waals surface area contributed by atoms with Crippen LogP contribution < -0.4 is 9.80 Å². The van der Waals surface area contributed by atoms with Gasteiger partial charge in [-0.2, -0.15) is 0 Å². The number of aliphatic hydroxyl groups is 1. The fourth-order valence-corrected chi connectivity index (χ4v) is 3.63. The monoisotopic (exact) mass is 303 g/mol. The van der Waals surface area contributed by atoms with E-state index in [1.807, 2.05) is 12.1 Å². The number of fused-ring (bicyclic) bond motifs is 1. The van der Waals surface area contributed by atoms with E-state index in [-0.39, 0.29) is 18.1 Å². The molecule has 1 unspecified atom stereocenters. The van der Waals surface area contributed by atoms with Crippen molar-refractivity contribution in [3.63, 3.8) is 0 Å². The summed E-state index contributed by atoms with van der Waals surface area (Å²) >= 11 is 0. The normalized spacial score (nSPS) is 25.4. The van der Waals surface area contributed by atoms with Gasteiger partial charge in [-0.15, -0.1) is 0 Å². The van der Waals surface area contributed by atoms with Gasteiger partial charge in [0, 0.05) is 12.0 Å². The quantitative estimate of drug-likeness (QED) is 0.837. The molecule has 1 amide bonds. The van der Waals surface area contributed by atoms with Crippen molar-refractivity contribution in [1.29, 1.82) is 0 Å². The molecule has 2 N–H and O–H groups in total. The van der Waals surface area contributed by atoms with Gasteiger partial charge in [0.2, 0.25) is 0 Å². The summed E-state index contributed by atoms with van der Waals surface area (Å²) in [7, 11) is 0. The molecular weight excluding hydrogens is 280 g/mol. The van der Waals surface area contributed by atoms with E-state index < -0.39 is 5.60 Å². The molecule has 0 radical (unpaired) electrons. The van der Waals surface area contributed by atoms with E-state index in [1.165, 1.54) is 31.1 Å². The number of nitrogens with one attached hydrogen (secondary N) is 1. The second kappa shape index (κ2) is 5.82. The standard InChI is InChI=1S/C17H22N2O3/c1-13(20)11-17(22)14-7-3-4-8-15(14)19(16(17)21)12-18-9-5-2-6-10-18/h3-4,7-8,22H,2,5-6,9-12H2,1H3/p+1. The van der Waals surface area contributed by atoms with Crippen molar-refractivity contribution in [3.8, 4) is 0 Å². The number of Topliss-reactive ketones (excluding diaryl/α,β-unsaturated/α-hetero) is 1. The molecule has 2 aliphatic rings. The van der Waals surface area contributed by atoms with Gasteiger partial charge in [0.15, 0.2) is 12.3 Å². The highest BCUT2D eigenvalue weighted by atomic mass is 16.3. The highest BCUT2D eigenvalue weighted by Gasteiger charge is 2.51. The smallest absolute Gasteiger partial charge is 0.268 e. The molecule has 2 aliphatic heterocycles. The zero-order valence-electron chi connectivity index (χ0n) is 13.0. The van der Waals surface area contributed by atoms with E-state index in [2.05, 4.69) is 0 Å². The van der Waals surface area contributed by atoms with E-state index in [0.717, 1.165) is 18.8 Å². The van der Waals surface area contributed by atoms with Gasteiger partial charge in [0.1, 0.15) is 5.78 Å². The van der Waals surface area contributed by atoms with Gasteiger partial charge in [-0.3, -0.25) is 14.5 Å². The van der Waals surface area contributed by atoms with Gasteiger partial charge in [0.25, 0.3) is 5.91 Å². The van der Waals surface area contributed by atoms with E-state index in [1.54, 1.807) is 17.0 Å². The van der Waals surface area contributed by atoms with Crippen LogP contribution in [0.15, 0.2) is 24.3 Å². The van der Waals surface area contributed by atoms with E-state index >= 15 is 0 Å². The molecule has 1 atom stereocenters. The number of carbonyl (C=O) groups excluding carboxylic acids is 2. The Morgan fingerprint density at radius 3 is 2.64 bits per heavy atom. The predicted molar refractivity (Wildman–Crippen MR) is 82.5 cm³/mol. The predicted octanol–water partition coefficient (Wildman–Crippen LogP) is 0.226. The molecule has 1 aromatic carbocycles. The lowest BCUT2D eigenvalue weighted by molar-refractivity contribution is -0.903. The largest absolute Gasteiger partial charge is 0.375 e. The number of benzene rings is 1. The molecule has 5 heteroatoms. The summed E-state index contributed by atoms with van der Waals surface area (Å²) in [6.07, 6.45) is 3.45. The van der Waals surface area contributed by atoms with Gasteiger partial charge < -0.3 is 10.0 Å². The second-order valence-electron chi connectivity index (χ2n) is 6.46. The minimum atomic E-state index is -1.70. The number of likely N-dealkylation sites (tertiary alicyclic amines) is 1. The summed E-state index contributed by atoms with van der Waals surface area (Å²) in [5.74, 6) is -0.542. The van der Waals surface area contributed by atoms with Crippen LogP contribution >= 0.6 is 0 Å². The molecule has 118 valence electrons. The number of ketones is 1. The van der Waals surface area contributed by atoms with Gasteiger partial charge in [-0.05, 0) is 32.3 Å². The lowest BCUT2D eigenvalue weighted by Gasteiger charge is -2.29. The minimum absolute atomic E-state index is 0.158. The Morgan fingerprint density at radius 2 is 1.95 bits per heavy atom. The number of hydrogen-bond donors (Lipinski definition) is 2. The Bertz CT molecular complexity index is 595. The molecule has 1 aromatic rings. The molecule has 5 nitrogen and oxygen atoms in total. The molecule has 0 aromatic heterocycles. The number of carbonyl (C=O) groups is 2. The number of amides is 1. The zero-order valence-corrected chi connectivity index (χ0v) is 13.0. The lowest BCUT2D eigenvalue weighted by Crippen LogP contribution is -3.14. The summed E-state index contributed by atoms with van der Waals surface area (Å²) in [5, 5.41) is 10.9. The third-order valence-corrected chi connectivity index (χ3v) is 4.69. The second-order valence-corrected chi connectivity index (χ2v) is 6.46. The fraction of sp³-hybridized carbons (Fsp3) is 0.529. The summed E-state index contributed by atoms with van der Waals surface area (Å²) in [5.41, 5.74) is -0.390. The number of piperidine rings is 1. The van der Waals surface area contributed by atoms with Crippen molar-refractivity contribution in [3.05, 3.63) is 29.8 Å². The molecule has 0 bridgehead atoms. The van der Waals surface area contributed by atoms with Crippen molar-refractivity contribution in [2.45, 2.75) is 38.2 Å². The van der Waals surface area contributed by atoms with E-state index in [0.29, 0.717) is 12.2 Å². The molecule has 0 aliphatic carbocycles. The molecule has 0 saturated carbocycles. The van der Waals surface area contributed by atoms with Crippen molar-refractivity contribution in [1.82, 2.24) is 0 Å². The Kier molecular flexibility index (Phi) is 4.02. The summed E-state index contributed by atoms with van der Waals surface area (Å²) in [6, 6.07) is 7.27. The van der Waals surface area contributed by atoms with E-state index in [9.17, 15) is 14.7 Å². The maximum Gasteiger partial charge on any atom is 0.268 e. The fourth-order valence-electron chi connectivity index (χ4n) is 3.63. The molecule has 0 spiro atoms. The third-order valence-electron chi connectivity index (χ3n) is 4.69. The number of rotatable bonds is 4. The first-order chi connectivity index (χ1) is 10.5. The minimum Gasteiger partial charge on any atom is -0.375 e. The first-order valence-corrected chi connectivity index (χ1v) is 7.99. The van der Waals surface area contributed by atoms with Crippen molar-refractivity contribution in [2.24, 2.45) is 0 Å². The van der Waals surface area contributed by atoms with Crippen LogP contribution in [0.25, 0.3) is 0 Å². The average molecular weight is 303 g/mol. The third kappa shape index (κ3) is 2.55. The Morgan fingerprint density at radius 1 is 1.27 bits per heavy atom. The molecule has 1 fully saturated rings. The molecule has 2 heterocycles. The van der Waals surface area contributed by atoms with Crippen LogP contribution in [0.1, 0.15) is 38.2 Å². The summed E-state index contributed by atoms with van der Waals surface area (Å²) in [6.45, 7) is 4.08. The van der Waals surface area contributed by atoms with Gasteiger partial charge in [0.05, 0.1) is 18.8 Å².